The molecule has 0 aromatic heterocycles. The molecule has 3 nitrogen and oxygen atoms in total. The third-order valence-electron chi connectivity index (χ3n) is 2.55. The van der Waals surface area contributed by atoms with Crippen LogP contribution in [-0.2, 0) is 4.74 Å². The van der Waals surface area contributed by atoms with E-state index in [1.807, 2.05) is 20.8 Å². The average Bonchev–Trinajstić information content (AvgIpc) is 2.02. The van der Waals surface area contributed by atoms with E-state index in [2.05, 4.69) is 5.32 Å². The van der Waals surface area contributed by atoms with Crippen molar-refractivity contribution in [2.45, 2.75) is 51.2 Å². The molecule has 1 aliphatic heterocycles. The Morgan fingerprint density at radius 1 is 1.43 bits per heavy atom. The summed E-state index contributed by atoms with van der Waals surface area (Å²) in [6.45, 7) is 8.49. The number of aliphatic hydroxyl groups is 1. The van der Waals surface area contributed by atoms with Crippen molar-refractivity contribution in [2.75, 3.05) is 19.7 Å². The summed E-state index contributed by atoms with van der Waals surface area (Å²) >= 11 is 0. The Bertz CT molecular complexity index is 169. The second kappa shape index (κ2) is 4.60. The second-order valence-corrected chi connectivity index (χ2v) is 5.22. The van der Waals surface area contributed by atoms with Gasteiger partial charge in [0.1, 0.15) is 0 Å². The molecular formula is C11H23NO2. The van der Waals surface area contributed by atoms with E-state index in [0.29, 0.717) is 13.2 Å². The number of β-amino-alcohol motifs (C(OH)–C–C–N with tert-alkyl or cyclic N) is 1. The molecule has 14 heavy (non-hydrogen) atoms. The van der Waals surface area contributed by atoms with Crippen LogP contribution in [0.25, 0.3) is 0 Å². The van der Waals surface area contributed by atoms with Gasteiger partial charge in [0.25, 0.3) is 0 Å². The van der Waals surface area contributed by atoms with Gasteiger partial charge in [0, 0.05) is 13.0 Å². The Labute approximate surface area is 86.8 Å². The highest BCUT2D eigenvalue weighted by Gasteiger charge is 2.29. The first-order valence-electron chi connectivity index (χ1n) is 5.48. The third kappa shape index (κ3) is 4.40. The fourth-order valence-corrected chi connectivity index (χ4v) is 1.71. The first-order chi connectivity index (χ1) is 6.41. The summed E-state index contributed by atoms with van der Waals surface area (Å²) in [5, 5.41) is 13.3. The number of ether oxygens (including phenoxy) is 1. The molecular weight excluding hydrogens is 178 g/mol. The van der Waals surface area contributed by atoms with Gasteiger partial charge >= 0.3 is 0 Å². The van der Waals surface area contributed by atoms with E-state index in [1.165, 1.54) is 0 Å². The SMILES string of the molecule is CC(C)(C)OCCC1(O)CCCNC1. The molecule has 0 aliphatic carbocycles. The number of rotatable bonds is 3. The minimum absolute atomic E-state index is 0.0988. The molecule has 0 saturated carbocycles. The Morgan fingerprint density at radius 2 is 2.14 bits per heavy atom. The first-order valence-corrected chi connectivity index (χ1v) is 5.48. The lowest BCUT2D eigenvalue weighted by Gasteiger charge is -2.33. The van der Waals surface area contributed by atoms with Crippen molar-refractivity contribution >= 4 is 0 Å². The smallest absolute Gasteiger partial charge is 0.0793 e. The van der Waals surface area contributed by atoms with Crippen molar-refractivity contribution < 1.29 is 9.84 Å². The molecule has 1 atom stereocenters. The standard InChI is InChI=1S/C11H23NO2/c1-10(2,3)14-8-6-11(13)5-4-7-12-9-11/h12-13H,4-9H2,1-3H3. The predicted octanol–water partition coefficient (Wildman–Crippen LogP) is 1.31. The molecule has 0 amide bonds. The lowest BCUT2D eigenvalue weighted by Crippen LogP contribution is -2.46. The van der Waals surface area contributed by atoms with Gasteiger partial charge in [-0.1, -0.05) is 0 Å². The van der Waals surface area contributed by atoms with E-state index >= 15 is 0 Å². The summed E-state index contributed by atoms with van der Waals surface area (Å²) in [7, 11) is 0. The Morgan fingerprint density at radius 3 is 2.64 bits per heavy atom. The number of nitrogens with one attached hydrogen (secondary N) is 1. The molecule has 1 unspecified atom stereocenters. The van der Waals surface area contributed by atoms with Crippen molar-refractivity contribution in [2.24, 2.45) is 0 Å². The van der Waals surface area contributed by atoms with E-state index in [-0.39, 0.29) is 5.60 Å². The molecule has 2 N–H and O–H groups in total. The first kappa shape index (κ1) is 12.0. The van der Waals surface area contributed by atoms with Gasteiger partial charge < -0.3 is 15.2 Å². The zero-order chi connectivity index (χ0) is 10.7. The molecule has 0 bridgehead atoms. The fourth-order valence-electron chi connectivity index (χ4n) is 1.71. The van der Waals surface area contributed by atoms with Crippen LogP contribution in [0.3, 0.4) is 0 Å². The lowest BCUT2D eigenvalue weighted by molar-refractivity contribution is -0.0551. The van der Waals surface area contributed by atoms with Gasteiger partial charge in [0.15, 0.2) is 0 Å². The molecule has 84 valence electrons. The molecule has 0 radical (unpaired) electrons. The maximum Gasteiger partial charge on any atom is 0.0793 e. The minimum atomic E-state index is -0.538. The van der Waals surface area contributed by atoms with Crippen molar-refractivity contribution in [3.8, 4) is 0 Å². The van der Waals surface area contributed by atoms with Crippen LogP contribution in [-0.4, -0.2) is 36.0 Å². The van der Waals surface area contributed by atoms with Crippen LogP contribution >= 0.6 is 0 Å². The average molecular weight is 201 g/mol. The maximum absolute atomic E-state index is 10.1. The van der Waals surface area contributed by atoms with Crippen molar-refractivity contribution in [3.05, 3.63) is 0 Å². The minimum Gasteiger partial charge on any atom is -0.388 e. The van der Waals surface area contributed by atoms with E-state index in [0.717, 1.165) is 25.8 Å². The van der Waals surface area contributed by atoms with Gasteiger partial charge in [-0.05, 0) is 40.2 Å². The van der Waals surface area contributed by atoms with E-state index < -0.39 is 5.60 Å². The molecule has 0 spiro atoms. The van der Waals surface area contributed by atoms with Crippen molar-refractivity contribution in [1.29, 1.82) is 0 Å². The van der Waals surface area contributed by atoms with Gasteiger partial charge in [0.05, 0.1) is 17.8 Å². The second-order valence-electron chi connectivity index (χ2n) is 5.22. The van der Waals surface area contributed by atoms with Crippen LogP contribution in [0, 0.1) is 0 Å². The van der Waals surface area contributed by atoms with E-state index in [9.17, 15) is 5.11 Å². The molecule has 1 heterocycles. The van der Waals surface area contributed by atoms with Crippen LogP contribution in [0.2, 0.25) is 0 Å². The number of hydrogen-bond acceptors (Lipinski definition) is 3. The van der Waals surface area contributed by atoms with Gasteiger partial charge in [-0.15, -0.1) is 0 Å². The summed E-state index contributed by atoms with van der Waals surface area (Å²) in [6, 6.07) is 0. The molecule has 1 rings (SSSR count). The molecule has 3 heteroatoms. The highest BCUT2D eigenvalue weighted by Crippen LogP contribution is 2.21. The lowest BCUT2D eigenvalue weighted by atomic mass is 9.91. The Hall–Kier alpha value is -0.120. The fraction of sp³-hybridized carbons (Fsp3) is 1.00. The third-order valence-corrected chi connectivity index (χ3v) is 2.55. The summed E-state index contributed by atoms with van der Waals surface area (Å²) in [5.74, 6) is 0. The van der Waals surface area contributed by atoms with Crippen molar-refractivity contribution in [1.82, 2.24) is 5.32 Å². The summed E-state index contributed by atoms with van der Waals surface area (Å²) < 4.78 is 5.61. The molecule has 0 aromatic carbocycles. The van der Waals surface area contributed by atoms with Gasteiger partial charge in [-0.2, -0.15) is 0 Å². The normalized spacial score (nSPS) is 29.1. The quantitative estimate of drug-likeness (QED) is 0.723. The summed E-state index contributed by atoms with van der Waals surface area (Å²) in [5.41, 5.74) is -0.637. The molecule has 0 aromatic rings. The highest BCUT2D eigenvalue weighted by molar-refractivity contribution is 4.85. The molecule has 1 aliphatic rings. The Balaban J connectivity index is 2.22. The number of hydrogen-bond donors (Lipinski definition) is 2. The van der Waals surface area contributed by atoms with E-state index in [4.69, 9.17) is 4.74 Å². The predicted molar refractivity (Wildman–Crippen MR) is 57.4 cm³/mol. The van der Waals surface area contributed by atoms with Crippen LogP contribution in [0.15, 0.2) is 0 Å². The van der Waals surface area contributed by atoms with Gasteiger partial charge in [-0.25, -0.2) is 0 Å². The molecule has 1 fully saturated rings. The van der Waals surface area contributed by atoms with E-state index in [1.54, 1.807) is 0 Å². The zero-order valence-electron chi connectivity index (χ0n) is 9.60. The monoisotopic (exact) mass is 201 g/mol. The summed E-state index contributed by atoms with van der Waals surface area (Å²) in [4.78, 5) is 0. The number of piperidine rings is 1. The van der Waals surface area contributed by atoms with Crippen molar-refractivity contribution in [3.63, 3.8) is 0 Å². The van der Waals surface area contributed by atoms with Crippen LogP contribution < -0.4 is 5.32 Å². The van der Waals surface area contributed by atoms with Crippen LogP contribution in [0.1, 0.15) is 40.0 Å². The Kier molecular flexibility index (Phi) is 3.93. The topological polar surface area (TPSA) is 41.5 Å². The van der Waals surface area contributed by atoms with Crippen LogP contribution in [0.5, 0.6) is 0 Å². The largest absolute Gasteiger partial charge is 0.388 e. The molecule has 1 saturated heterocycles. The van der Waals surface area contributed by atoms with Gasteiger partial charge in [0.2, 0.25) is 0 Å². The van der Waals surface area contributed by atoms with Crippen LogP contribution in [0.4, 0.5) is 0 Å². The van der Waals surface area contributed by atoms with Gasteiger partial charge in [-0.3, -0.25) is 0 Å². The summed E-state index contributed by atoms with van der Waals surface area (Å²) in [6.07, 6.45) is 2.69. The maximum atomic E-state index is 10.1. The highest BCUT2D eigenvalue weighted by atomic mass is 16.5. The zero-order valence-corrected chi connectivity index (χ0v) is 9.60.